The molecule has 0 heterocycles. The number of rotatable bonds is 8. The molecule has 1 unspecified atom stereocenters. The van der Waals surface area contributed by atoms with Crippen LogP contribution in [0.3, 0.4) is 0 Å². The van der Waals surface area contributed by atoms with E-state index in [1.807, 2.05) is 24.3 Å². The molecule has 22 heavy (non-hydrogen) atoms. The van der Waals surface area contributed by atoms with Crippen LogP contribution in [0.25, 0.3) is 10.8 Å². The van der Waals surface area contributed by atoms with Gasteiger partial charge in [0.1, 0.15) is 12.4 Å². The Morgan fingerprint density at radius 2 is 1.95 bits per heavy atom. The van der Waals surface area contributed by atoms with Crippen molar-refractivity contribution in [2.24, 2.45) is 5.92 Å². The van der Waals surface area contributed by atoms with Gasteiger partial charge in [-0.25, -0.2) is 0 Å². The van der Waals surface area contributed by atoms with Gasteiger partial charge in [0.2, 0.25) is 5.91 Å². The third-order valence-corrected chi connectivity index (χ3v) is 3.75. The van der Waals surface area contributed by atoms with E-state index in [0.29, 0.717) is 25.5 Å². The lowest BCUT2D eigenvalue weighted by atomic mass is 10.0. The second kappa shape index (κ2) is 8.42. The van der Waals surface area contributed by atoms with E-state index in [4.69, 9.17) is 4.74 Å². The van der Waals surface area contributed by atoms with Gasteiger partial charge in [0, 0.05) is 11.8 Å². The summed E-state index contributed by atoms with van der Waals surface area (Å²) in [4.78, 5) is 11.8. The molecular weight excluding hydrogens is 274 g/mol. The lowest BCUT2D eigenvalue weighted by molar-refractivity contribution is -0.122. The minimum absolute atomic E-state index is 0.113. The van der Waals surface area contributed by atoms with Crippen molar-refractivity contribution in [1.82, 2.24) is 5.32 Å². The monoisotopic (exact) mass is 299 g/mol. The summed E-state index contributed by atoms with van der Waals surface area (Å²) in [6, 6.07) is 14.2. The molecule has 0 saturated carbocycles. The first-order chi connectivity index (χ1) is 10.7. The summed E-state index contributed by atoms with van der Waals surface area (Å²) in [6.45, 7) is 5.30. The van der Waals surface area contributed by atoms with Gasteiger partial charge in [-0.15, -0.1) is 0 Å². The molecule has 0 spiro atoms. The molecule has 1 amide bonds. The van der Waals surface area contributed by atoms with Gasteiger partial charge >= 0.3 is 0 Å². The number of hydrogen-bond acceptors (Lipinski definition) is 2. The van der Waals surface area contributed by atoms with E-state index in [1.54, 1.807) is 0 Å². The Morgan fingerprint density at radius 1 is 1.18 bits per heavy atom. The SMILES string of the molecule is CCCC(C)CC(=O)NCCOc1cccc2ccccc12. The fourth-order valence-corrected chi connectivity index (χ4v) is 2.66. The zero-order valence-electron chi connectivity index (χ0n) is 13.5. The molecule has 0 aromatic heterocycles. The number of nitrogens with one attached hydrogen (secondary N) is 1. The van der Waals surface area contributed by atoms with Crippen molar-refractivity contribution in [3.63, 3.8) is 0 Å². The van der Waals surface area contributed by atoms with Crippen molar-refractivity contribution in [3.05, 3.63) is 42.5 Å². The second-order valence-electron chi connectivity index (χ2n) is 5.77. The maximum Gasteiger partial charge on any atom is 0.220 e. The van der Waals surface area contributed by atoms with Crippen LogP contribution < -0.4 is 10.1 Å². The lowest BCUT2D eigenvalue weighted by Crippen LogP contribution is -2.29. The standard InChI is InChI=1S/C19H25NO2/c1-3-7-15(2)14-19(21)20-12-13-22-18-11-6-9-16-8-4-5-10-17(16)18/h4-6,8-11,15H,3,7,12-14H2,1-2H3,(H,20,21). The fourth-order valence-electron chi connectivity index (χ4n) is 2.66. The molecule has 3 heteroatoms. The molecule has 0 fully saturated rings. The van der Waals surface area contributed by atoms with Crippen LogP contribution in [0.15, 0.2) is 42.5 Å². The summed E-state index contributed by atoms with van der Waals surface area (Å²) in [5, 5.41) is 5.20. The quantitative estimate of drug-likeness (QED) is 0.743. The Hall–Kier alpha value is -2.03. The maximum atomic E-state index is 11.8. The zero-order chi connectivity index (χ0) is 15.8. The van der Waals surface area contributed by atoms with Gasteiger partial charge in [0.25, 0.3) is 0 Å². The van der Waals surface area contributed by atoms with Gasteiger partial charge in [-0.3, -0.25) is 4.79 Å². The predicted octanol–water partition coefficient (Wildman–Crippen LogP) is 4.16. The normalized spacial score (nSPS) is 12.1. The Morgan fingerprint density at radius 3 is 2.77 bits per heavy atom. The van der Waals surface area contributed by atoms with Crippen LogP contribution in [0.2, 0.25) is 0 Å². The maximum absolute atomic E-state index is 11.8. The highest BCUT2D eigenvalue weighted by atomic mass is 16.5. The van der Waals surface area contributed by atoms with Crippen molar-refractivity contribution in [2.45, 2.75) is 33.1 Å². The Balaban J connectivity index is 1.77. The molecule has 2 aromatic carbocycles. The molecule has 2 rings (SSSR count). The Kier molecular flexibility index (Phi) is 6.26. The van der Waals surface area contributed by atoms with E-state index in [-0.39, 0.29) is 5.91 Å². The van der Waals surface area contributed by atoms with E-state index < -0.39 is 0 Å². The van der Waals surface area contributed by atoms with E-state index in [0.717, 1.165) is 29.4 Å². The third kappa shape index (κ3) is 4.76. The minimum atomic E-state index is 0.113. The number of benzene rings is 2. The molecule has 3 nitrogen and oxygen atoms in total. The molecular formula is C19H25NO2. The summed E-state index contributed by atoms with van der Waals surface area (Å²) in [6.07, 6.45) is 2.82. The second-order valence-corrected chi connectivity index (χ2v) is 5.77. The highest BCUT2D eigenvalue weighted by molar-refractivity contribution is 5.88. The average Bonchev–Trinajstić information content (AvgIpc) is 2.52. The van der Waals surface area contributed by atoms with Crippen molar-refractivity contribution >= 4 is 16.7 Å². The molecule has 2 aromatic rings. The number of ether oxygens (including phenoxy) is 1. The van der Waals surface area contributed by atoms with Gasteiger partial charge < -0.3 is 10.1 Å². The van der Waals surface area contributed by atoms with Crippen LogP contribution in [-0.4, -0.2) is 19.1 Å². The lowest BCUT2D eigenvalue weighted by Gasteiger charge is -2.12. The summed E-state index contributed by atoms with van der Waals surface area (Å²) in [7, 11) is 0. The summed E-state index contributed by atoms with van der Waals surface area (Å²) >= 11 is 0. The van der Waals surface area contributed by atoms with Gasteiger partial charge in [-0.05, 0) is 17.4 Å². The van der Waals surface area contributed by atoms with Crippen LogP contribution in [0.4, 0.5) is 0 Å². The zero-order valence-corrected chi connectivity index (χ0v) is 13.5. The summed E-state index contributed by atoms with van der Waals surface area (Å²) < 4.78 is 5.81. The Bertz CT molecular complexity index is 604. The fraction of sp³-hybridized carbons (Fsp3) is 0.421. The van der Waals surface area contributed by atoms with Crippen molar-refractivity contribution in [2.75, 3.05) is 13.2 Å². The first-order valence-corrected chi connectivity index (χ1v) is 8.08. The van der Waals surface area contributed by atoms with Gasteiger partial charge in [0.15, 0.2) is 0 Å². The molecule has 0 aliphatic carbocycles. The van der Waals surface area contributed by atoms with Crippen molar-refractivity contribution < 1.29 is 9.53 Å². The average molecular weight is 299 g/mol. The predicted molar refractivity (Wildman–Crippen MR) is 91.1 cm³/mol. The Labute approximate surface area is 132 Å². The molecule has 0 saturated heterocycles. The minimum Gasteiger partial charge on any atom is -0.491 e. The highest BCUT2D eigenvalue weighted by Gasteiger charge is 2.07. The van der Waals surface area contributed by atoms with Crippen LogP contribution in [-0.2, 0) is 4.79 Å². The van der Waals surface area contributed by atoms with E-state index in [1.165, 1.54) is 0 Å². The van der Waals surface area contributed by atoms with Crippen LogP contribution in [0.5, 0.6) is 5.75 Å². The number of amides is 1. The summed E-state index contributed by atoms with van der Waals surface area (Å²) in [5.41, 5.74) is 0. The largest absolute Gasteiger partial charge is 0.491 e. The molecule has 1 atom stereocenters. The van der Waals surface area contributed by atoms with Gasteiger partial charge in [-0.1, -0.05) is 63.1 Å². The number of carbonyl (C=O) groups excluding carboxylic acids is 1. The van der Waals surface area contributed by atoms with Crippen molar-refractivity contribution in [1.29, 1.82) is 0 Å². The van der Waals surface area contributed by atoms with Crippen LogP contribution in [0, 0.1) is 5.92 Å². The summed E-state index contributed by atoms with van der Waals surface area (Å²) in [5.74, 6) is 1.43. The van der Waals surface area contributed by atoms with Crippen LogP contribution >= 0.6 is 0 Å². The van der Waals surface area contributed by atoms with E-state index in [9.17, 15) is 4.79 Å². The number of fused-ring (bicyclic) bond motifs is 1. The first kappa shape index (κ1) is 16.3. The molecule has 1 N–H and O–H groups in total. The third-order valence-electron chi connectivity index (χ3n) is 3.75. The van der Waals surface area contributed by atoms with Crippen molar-refractivity contribution in [3.8, 4) is 5.75 Å². The molecule has 0 bridgehead atoms. The van der Waals surface area contributed by atoms with Gasteiger partial charge in [-0.2, -0.15) is 0 Å². The molecule has 0 aliphatic rings. The number of hydrogen-bond donors (Lipinski definition) is 1. The van der Waals surface area contributed by atoms with Crippen LogP contribution in [0.1, 0.15) is 33.1 Å². The van der Waals surface area contributed by atoms with E-state index in [2.05, 4.69) is 37.4 Å². The van der Waals surface area contributed by atoms with E-state index >= 15 is 0 Å². The smallest absolute Gasteiger partial charge is 0.220 e. The highest BCUT2D eigenvalue weighted by Crippen LogP contribution is 2.24. The molecule has 118 valence electrons. The molecule has 0 aliphatic heterocycles. The number of carbonyl (C=O) groups is 1. The topological polar surface area (TPSA) is 38.3 Å². The van der Waals surface area contributed by atoms with Gasteiger partial charge in [0.05, 0.1) is 6.54 Å². The first-order valence-electron chi connectivity index (χ1n) is 8.08. The molecule has 0 radical (unpaired) electrons.